The second-order valence-corrected chi connectivity index (χ2v) is 6.60. The highest BCUT2D eigenvalue weighted by Gasteiger charge is 2.34. The number of amides is 1. The number of piperidine rings is 1. The van der Waals surface area contributed by atoms with Gasteiger partial charge in [0.15, 0.2) is 11.5 Å². The van der Waals surface area contributed by atoms with Crippen molar-refractivity contribution in [3.05, 3.63) is 23.8 Å². The number of rotatable bonds is 4. The van der Waals surface area contributed by atoms with Crippen LogP contribution in [0.4, 0.5) is 0 Å². The maximum atomic E-state index is 11.8. The van der Waals surface area contributed by atoms with Crippen molar-refractivity contribution < 1.29 is 19.0 Å². The molecule has 0 aromatic heterocycles. The third-order valence-corrected chi connectivity index (χ3v) is 4.96. The quantitative estimate of drug-likeness (QED) is 0.833. The minimum absolute atomic E-state index is 0.0795. The number of likely N-dealkylation sites (N-methyl/N-ethyl adjacent to an activating group) is 1. The van der Waals surface area contributed by atoms with Crippen molar-refractivity contribution in [2.45, 2.75) is 19.1 Å². The molecule has 3 rings (SSSR count). The lowest BCUT2D eigenvalue weighted by molar-refractivity contribution is -0.133. The van der Waals surface area contributed by atoms with Crippen LogP contribution in [0.3, 0.4) is 0 Å². The molecule has 6 nitrogen and oxygen atoms in total. The number of fused-ring (bicyclic) bond motifs is 1. The van der Waals surface area contributed by atoms with E-state index in [1.165, 1.54) is 5.56 Å². The highest BCUT2D eigenvalue weighted by Crippen LogP contribution is 2.29. The third kappa shape index (κ3) is 3.65. The van der Waals surface area contributed by atoms with Gasteiger partial charge >= 0.3 is 0 Å². The molecule has 2 saturated heterocycles. The summed E-state index contributed by atoms with van der Waals surface area (Å²) in [4.78, 5) is 16.0. The Hall–Kier alpha value is -1.79. The first-order valence-electron chi connectivity index (χ1n) is 8.39. The fourth-order valence-corrected chi connectivity index (χ4v) is 3.60. The number of benzene rings is 1. The van der Waals surface area contributed by atoms with Crippen LogP contribution in [0.15, 0.2) is 18.2 Å². The Morgan fingerprint density at radius 1 is 1.21 bits per heavy atom. The first-order chi connectivity index (χ1) is 11.6. The molecular weight excluding hydrogens is 308 g/mol. The average molecular weight is 334 g/mol. The molecule has 24 heavy (non-hydrogen) atoms. The number of likely N-dealkylation sites (tertiary alicyclic amines) is 1. The van der Waals surface area contributed by atoms with Gasteiger partial charge in [-0.1, -0.05) is 6.07 Å². The SMILES string of the molecule is COc1ccc(CN2CC[C@@H]3OCC(=O)N(C)C[C@H]3C2)cc1OC. The molecule has 1 aromatic rings. The minimum atomic E-state index is 0.0795. The summed E-state index contributed by atoms with van der Waals surface area (Å²) in [5.74, 6) is 1.96. The van der Waals surface area contributed by atoms with Crippen molar-refractivity contribution in [1.82, 2.24) is 9.80 Å². The van der Waals surface area contributed by atoms with Gasteiger partial charge in [0.05, 0.1) is 20.3 Å². The molecule has 2 aliphatic rings. The maximum absolute atomic E-state index is 11.8. The van der Waals surface area contributed by atoms with Gasteiger partial charge in [0.1, 0.15) is 6.61 Å². The van der Waals surface area contributed by atoms with E-state index in [0.29, 0.717) is 5.92 Å². The van der Waals surface area contributed by atoms with Crippen molar-refractivity contribution >= 4 is 5.91 Å². The van der Waals surface area contributed by atoms with Gasteiger partial charge in [-0.25, -0.2) is 0 Å². The zero-order valence-corrected chi connectivity index (χ0v) is 14.7. The van der Waals surface area contributed by atoms with E-state index in [-0.39, 0.29) is 18.6 Å². The summed E-state index contributed by atoms with van der Waals surface area (Å²) in [6, 6.07) is 6.05. The van der Waals surface area contributed by atoms with Gasteiger partial charge in [-0.3, -0.25) is 9.69 Å². The first kappa shape index (κ1) is 17.0. The Bertz CT molecular complexity index is 592. The second kappa shape index (κ2) is 7.40. The molecule has 2 heterocycles. The summed E-state index contributed by atoms with van der Waals surface area (Å²) in [5, 5.41) is 0. The summed E-state index contributed by atoms with van der Waals surface area (Å²) < 4.78 is 16.5. The number of carbonyl (C=O) groups excluding carboxylic acids is 1. The van der Waals surface area contributed by atoms with Crippen LogP contribution >= 0.6 is 0 Å². The zero-order valence-electron chi connectivity index (χ0n) is 14.7. The minimum Gasteiger partial charge on any atom is -0.493 e. The van der Waals surface area contributed by atoms with Crippen LogP contribution < -0.4 is 9.47 Å². The molecule has 1 aromatic carbocycles. The molecule has 0 saturated carbocycles. The Morgan fingerprint density at radius 3 is 2.75 bits per heavy atom. The fraction of sp³-hybridized carbons (Fsp3) is 0.611. The molecule has 0 N–H and O–H groups in total. The van der Waals surface area contributed by atoms with Crippen LogP contribution in [0.2, 0.25) is 0 Å². The van der Waals surface area contributed by atoms with Crippen LogP contribution in [0.1, 0.15) is 12.0 Å². The van der Waals surface area contributed by atoms with E-state index in [1.54, 1.807) is 19.1 Å². The summed E-state index contributed by atoms with van der Waals surface area (Å²) >= 11 is 0. The number of ether oxygens (including phenoxy) is 3. The van der Waals surface area contributed by atoms with Crippen molar-refractivity contribution in [3.8, 4) is 11.5 Å². The normalized spacial score (nSPS) is 25.1. The van der Waals surface area contributed by atoms with Crippen molar-refractivity contribution in [2.24, 2.45) is 5.92 Å². The Kier molecular flexibility index (Phi) is 5.26. The molecule has 1 amide bonds. The van der Waals surface area contributed by atoms with Crippen LogP contribution in [0.25, 0.3) is 0 Å². The summed E-state index contributed by atoms with van der Waals surface area (Å²) in [7, 11) is 5.16. The average Bonchev–Trinajstić information content (AvgIpc) is 2.73. The topological polar surface area (TPSA) is 51.2 Å². The van der Waals surface area contributed by atoms with Gasteiger partial charge in [-0.05, 0) is 24.1 Å². The number of nitrogens with zero attached hydrogens (tertiary/aromatic N) is 2. The molecule has 0 radical (unpaired) electrons. The molecular formula is C18H26N2O4. The number of hydrogen-bond donors (Lipinski definition) is 0. The monoisotopic (exact) mass is 334 g/mol. The first-order valence-corrected chi connectivity index (χ1v) is 8.39. The summed E-state index contributed by atoms with van der Waals surface area (Å²) in [6.07, 6.45) is 1.17. The second-order valence-electron chi connectivity index (χ2n) is 6.60. The van der Waals surface area contributed by atoms with E-state index >= 15 is 0 Å². The Balaban J connectivity index is 1.66. The van der Waals surface area contributed by atoms with Crippen LogP contribution in [0.5, 0.6) is 11.5 Å². The molecule has 2 aliphatic heterocycles. The molecule has 132 valence electrons. The van der Waals surface area contributed by atoms with E-state index in [1.807, 2.05) is 19.2 Å². The molecule has 2 fully saturated rings. The maximum Gasteiger partial charge on any atom is 0.248 e. The molecule has 0 bridgehead atoms. The highest BCUT2D eigenvalue weighted by molar-refractivity contribution is 5.77. The lowest BCUT2D eigenvalue weighted by Crippen LogP contribution is -2.46. The standard InChI is InChI=1S/C18H26N2O4/c1-19-10-14-11-20(7-6-15(14)24-12-18(19)21)9-13-4-5-16(22-2)17(8-13)23-3/h4-5,8,14-15H,6-7,9-12H2,1-3H3/t14-,15-/m0/s1. The number of methoxy groups -OCH3 is 2. The molecule has 0 unspecified atom stereocenters. The van der Waals surface area contributed by atoms with E-state index in [4.69, 9.17) is 14.2 Å². The molecule has 0 aliphatic carbocycles. The smallest absolute Gasteiger partial charge is 0.248 e. The largest absolute Gasteiger partial charge is 0.493 e. The van der Waals surface area contributed by atoms with E-state index in [9.17, 15) is 4.79 Å². The highest BCUT2D eigenvalue weighted by atomic mass is 16.5. The predicted octanol–water partition coefficient (Wildman–Crippen LogP) is 1.38. The van der Waals surface area contributed by atoms with Crippen molar-refractivity contribution in [1.29, 1.82) is 0 Å². The van der Waals surface area contributed by atoms with Crippen molar-refractivity contribution in [3.63, 3.8) is 0 Å². The van der Waals surface area contributed by atoms with Gasteiger partial charge in [0.25, 0.3) is 0 Å². The van der Waals surface area contributed by atoms with Crippen LogP contribution in [-0.2, 0) is 16.1 Å². The number of carbonyl (C=O) groups is 1. The Morgan fingerprint density at radius 2 is 2.00 bits per heavy atom. The fourth-order valence-electron chi connectivity index (χ4n) is 3.60. The van der Waals surface area contributed by atoms with Gasteiger partial charge in [-0.2, -0.15) is 0 Å². The predicted molar refractivity (Wildman–Crippen MR) is 90.3 cm³/mol. The molecule has 0 spiro atoms. The van der Waals surface area contributed by atoms with Gasteiger partial charge in [0.2, 0.25) is 5.91 Å². The van der Waals surface area contributed by atoms with Crippen molar-refractivity contribution in [2.75, 3.05) is 47.5 Å². The lowest BCUT2D eigenvalue weighted by Gasteiger charge is -2.37. The Labute approximate surface area is 143 Å². The van der Waals surface area contributed by atoms with Gasteiger partial charge < -0.3 is 19.1 Å². The van der Waals surface area contributed by atoms with E-state index in [2.05, 4.69) is 11.0 Å². The molecule has 2 atom stereocenters. The van der Waals surface area contributed by atoms with Crippen LogP contribution in [0, 0.1) is 5.92 Å². The lowest BCUT2D eigenvalue weighted by atomic mass is 9.94. The van der Waals surface area contributed by atoms with Gasteiger partial charge in [0, 0.05) is 39.1 Å². The van der Waals surface area contributed by atoms with E-state index < -0.39 is 0 Å². The van der Waals surface area contributed by atoms with E-state index in [0.717, 1.165) is 44.1 Å². The van der Waals surface area contributed by atoms with Crippen LogP contribution in [-0.4, -0.2) is 69.3 Å². The summed E-state index contributed by atoms with van der Waals surface area (Å²) in [5.41, 5.74) is 1.20. The number of hydrogen-bond acceptors (Lipinski definition) is 5. The van der Waals surface area contributed by atoms with Gasteiger partial charge in [-0.15, -0.1) is 0 Å². The third-order valence-electron chi connectivity index (χ3n) is 4.96. The zero-order chi connectivity index (χ0) is 17.1. The molecule has 6 heteroatoms. The summed E-state index contributed by atoms with van der Waals surface area (Å²) in [6.45, 7) is 3.77.